The van der Waals surface area contributed by atoms with Crippen LogP contribution >= 0.6 is 11.6 Å². The SMILES string of the molecule is CCCOC(=O)Nc1c(C)cc(CN)cc1Cl. The molecule has 0 saturated heterocycles. The van der Waals surface area contributed by atoms with Crippen molar-refractivity contribution in [3.8, 4) is 0 Å². The summed E-state index contributed by atoms with van der Waals surface area (Å²) in [6, 6.07) is 3.63. The Bertz CT molecular complexity index is 384. The van der Waals surface area contributed by atoms with Crippen LogP contribution in [0.15, 0.2) is 12.1 Å². The molecular weight excluding hydrogens is 240 g/mol. The molecule has 0 atom stereocenters. The molecule has 17 heavy (non-hydrogen) atoms. The Hall–Kier alpha value is -1.26. The van der Waals surface area contributed by atoms with Crippen LogP contribution in [0, 0.1) is 6.92 Å². The average molecular weight is 257 g/mol. The Morgan fingerprint density at radius 1 is 1.53 bits per heavy atom. The molecule has 1 amide bonds. The third-order valence-electron chi connectivity index (χ3n) is 2.25. The number of hydrogen-bond donors (Lipinski definition) is 2. The van der Waals surface area contributed by atoms with E-state index in [4.69, 9.17) is 22.1 Å². The molecule has 0 unspecified atom stereocenters. The van der Waals surface area contributed by atoms with Crippen LogP contribution < -0.4 is 11.1 Å². The summed E-state index contributed by atoms with van der Waals surface area (Å²) in [6.07, 6.45) is 0.295. The molecule has 4 nitrogen and oxygen atoms in total. The number of halogens is 1. The summed E-state index contributed by atoms with van der Waals surface area (Å²) >= 11 is 6.07. The second kappa shape index (κ2) is 6.47. The van der Waals surface area contributed by atoms with Crippen molar-refractivity contribution in [2.45, 2.75) is 26.8 Å². The quantitative estimate of drug-likeness (QED) is 0.870. The van der Waals surface area contributed by atoms with Gasteiger partial charge in [0.2, 0.25) is 0 Å². The van der Waals surface area contributed by atoms with E-state index in [-0.39, 0.29) is 0 Å². The fourth-order valence-corrected chi connectivity index (χ4v) is 1.76. The van der Waals surface area contributed by atoms with Gasteiger partial charge in [-0.05, 0) is 30.5 Å². The van der Waals surface area contributed by atoms with E-state index in [0.717, 1.165) is 17.5 Å². The number of rotatable bonds is 4. The van der Waals surface area contributed by atoms with Gasteiger partial charge in [0.15, 0.2) is 0 Å². The Labute approximate surface area is 106 Å². The maximum Gasteiger partial charge on any atom is 0.411 e. The third-order valence-corrected chi connectivity index (χ3v) is 2.55. The summed E-state index contributed by atoms with van der Waals surface area (Å²) in [5, 5.41) is 3.10. The first-order valence-electron chi connectivity index (χ1n) is 5.51. The topological polar surface area (TPSA) is 64.3 Å². The third kappa shape index (κ3) is 3.91. The van der Waals surface area contributed by atoms with Gasteiger partial charge in [0.25, 0.3) is 0 Å². The second-order valence-corrected chi connectivity index (χ2v) is 4.14. The van der Waals surface area contributed by atoms with Gasteiger partial charge < -0.3 is 10.5 Å². The highest BCUT2D eigenvalue weighted by Gasteiger charge is 2.10. The van der Waals surface area contributed by atoms with Crippen LogP contribution in [0.5, 0.6) is 0 Å². The zero-order chi connectivity index (χ0) is 12.8. The number of nitrogens with two attached hydrogens (primary N) is 1. The molecule has 0 heterocycles. The first-order chi connectivity index (χ1) is 8.08. The predicted molar refractivity (Wildman–Crippen MR) is 69.3 cm³/mol. The summed E-state index contributed by atoms with van der Waals surface area (Å²) < 4.78 is 4.93. The molecule has 0 radical (unpaired) electrons. The van der Waals surface area contributed by atoms with Gasteiger partial charge in [0.05, 0.1) is 17.3 Å². The van der Waals surface area contributed by atoms with Crippen molar-refractivity contribution in [3.63, 3.8) is 0 Å². The lowest BCUT2D eigenvalue weighted by Crippen LogP contribution is -2.15. The molecule has 0 aliphatic heterocycles. The minimum Gasteiger partial charge on any atom is -0.449 e. The number of nitrogens with one attached hydrogen (secondary N) is 1. The summed E-state index contributed by atoms with van der Waals surface area (Å²) in [4.78, 5) is 11.4. The maximum atomic E-state index is 11.4. The highest BCUT2D eigenvalue weighted by molar-refractivity contribution is 6.33. The second-order valence-electron chi connectivity index (χ2n) is 3.73. The van der Waals surface area contributed by atoms with Crippen LogP contribution in [0.4, 0.5) is 10.5 Å². The Morgan fingerprint density at radius 2 is 2.24 bits per heavy atom. The normalized spacial score (nSPS) is 10.1. The summed E-state index contributed by atoms with van der Waals surface area (Å²) in [7, 11) is 0. The lowest BCUT2D eigenvalue weighted by Gasteiger charge is -2.12. The van der Waals surface area contributed by atoms with E-state index >= 15 is 0 Å². The van der Waals surface area contributed by atoms with Crippen LogP contribution in [-0.4, -0.2) is 12.7 Å². The van der Waals surface area contributed by atoms with E-state index in [1.165, 1.54) is 0 Å². The van der Waals surface area contributed by atoms with E-state index in [2.05, 4.69) is 5.32 Å². The first-order valence-corrected chi connectivity index (χ1v) is 5.89. The molecule has 3 N–H and O–H groups in total. The summed E-state index contributed by atoms with van der Waals surface area (Å²) in [5.74, 6) is 0. The number of anilines is 1. The molecule has 0 saturated carbocycles. The number of ether oxygens (including phenoxy) is 1. The average Bonchev–Trinajstić information content (AvgIpc) is 2.30. The molecule has 94 valence electrons. The lowest BCUT2D eigenvalue weighted by molar-refractivity contribution is 0.161. The monoisotopic (exact) mass is 256 g/mol. The van der Waals surface area contributed by atoms with Gasteiger partial charge in [-0.15, -0.1) is 0 Å². The van der Waals surface area contributed by atoms with Crippen LogP contribution in [0.1, 0.15) is 24.5 Å². The predicted octanol–water partition coefficient (Wildman–Crippen LogP) is 3.07. The van der Waals surface area contributed by atoms with E-state index in [9.17, 15) is 4.79 Å². The molecular formula is C12H17ClN2O2. The Morgan fingerprint density at radius 3 is 2.76 bits per heavy atom. The van der Waals surface area contributed by atoms with Gasteiger partial charge in [-0.1, -0.05) is 24.6 Å². The molecule has 0 fully saturated rings. The smallest absolute Gasteiger partial charge is 0.411 e. The number of carbonyl (C=O) groups excluding carboxylic acids is 1. The molecule has 0 aromatic heterocycles. The van der Waals surface area contributed by atoms with Crippen LogP contribution in [-0.2, 0) is 11.3 Å². The number of aryl methyl sites for hydroxylation is 1. The highest BCUT2D eigenvalue weighted by Crippen LogP contribution is 2.27. The lowest BCUT2D eigenvalue weighted by atomic mass is 10.1. The van der Waals surface area contributed by atoms with Gasteiger partial charge in [0.1, 0.15) is 0 Å². The summed E-state index contributed by atoms with van der Waals surface area (Å²) in [6.45, 7) is 4.60. The van der Waals surface area contributed by atoms with E-state index < -0.39 is 6.09 Å². The molecule has 0 spiro atoms. The molecule has 0 bridgehead atoms. The van der Waals surface area contributed by atoms with Gasteiger partial charge in [0, 0.05) is 6.54 Å². The van der Waals surface area contributed by atoms with Crippen molar-refractivity contribution in [1.82, 2.24) is 0 Å². The molecule has 1 rings (SSSR count). The Kier molecular flexibility index (Phi) is 5.25. The van der Waals surface area contributed by atoms with Crippen LogP contribution in [0.3, 0.4) is 0 Å². The van der Waals surface area contributed by atoms with Crippen LogP contribution in [0.25, 0.3) is 0 Å². The molecule has 1 aromatic carbocycles. The van der Waals surface area contributed by atoms with Crippen LogP contribution in [0.2, 0.25) is 5.02 Å². The van der Waals surface area contributed by atoms with Crippen molar-refractivity contribution >= 4 is 23.4 Å². The van der Waals surface area contributed by atoms with E-state index in [0.29, 0.717) is 23.9 Å². The van der Waals surface area contributed by atoms with Gasteiger partial charge in [-0.25, -0.2) is 4.79 Å². The molecule has 5 heteroatoms. The van der Waals surface area contributed by atoms with Crippen molar-refractivity contribution < 1.29 is 9.53 Å². The van der Waals surface area contributed by atoms with Gasteiger partial charge in [-0.2, -0.15) is 0 Å². The molecule has 0 aliphatic carbocycles. The maximum absolute atomic E-state index is 11.4. The number of hydrogen-bond acceptors (Lipinski definition) is 3. The first kappa shape index (κ1) is 13.8. The molecule has 0 aliphatic rings. The standard InChI is InChI=1S/C12H17ClN2O2/c1-3-4-17-12(16)15-11-8(2)5-9(7-14)6-10(11)13/h5-6H,3-4,7,14H2,1-2H3,(H,15,16). The fourth-order valence-electron chi connectivity index (χ4n) is 1.42. The van der Waals surface area contributed by atoms with E-state index in [1.807, 2.05) is 19.9 Å². The highest BCUT2D eigenvalue weighted by atomic mass is 35.5. The van der Waals surface area contributed by atoms with Crippen molar-refractivity contribution in [2.75, 3.05) is 11.9 Å². The number of amides is 1. The zero-order valence-electron chi connectivity index (χ0n) is 10.0. The molecule has 1 aromatic rings. The number of carbonyl (C=O) groups is 1. The fraction of sp³-hybridized carbons (Fsp3) is 0.417. The van der Waals surface area contributed by atoms with Crippen molar-refractivity contribution in [1.29, 1.82) is 0 Å². The van der Waals surface area contributed by atoms with Crippen molar-refractivity contribution in [2.24, 2.45) is 5.73 Å². The van der Waals surface area contributed by atoms with Crippen molar-refractivity contribution in [3.05, 3.63) is 28.3 Å². The minimum atomic E-state index is -0.489. The zero-order valence-corrected chi connectivity index (χ0v) is 10.8. The summed E-state index contributed by atoms with van der Waals surface area (Å²) in [5.41, 5.74) is 7.91. The minimum absolute atomic E-state index is 0.392. The van der Waals surface area contributed by atoms with E-state index in [1.54, 1.807) is 6.07 Å². The van der Waals surface area contributed by atoms with Gasteiger partial charge in [-0.3, -0.25) is 5.32 Å². The van der Waals surface area contributed by atoms with Gasteiger partial charge >= 0.3 is 6.09 Å². The Balaban J connectivity index is 2.80. The number of benzene rings is 1. The largest absolute Gasteiger partial charge is 0.449 e.